The molecule has 32 heavy (non-hydrogen) atoms. The van der Waals surface area contributed by atoms with E-state index in [0.29, 0.717) is 36.3 Å². The first-order valence-electron chi connectivity index (χ1n) is 10.2. The van der Waals surface area contributed by atoms with E-state index in [1.54, 1.807) is 18.3 Å². The van der Waals surface area contributed by atoms with Crippen LogP contribution in [0.5, 0.6) is 0 Å². The van der Waals surface area contributed by atoms with Crippen LogP contribution in [0.4, 0.5) is 5.69 Å². The summed E-state index contributed by atoms with van der Waals surface area (Å²) < 4.78 is 4.98. The van der Waals surface area contributed by atoms with Gasteiger partial charge in [0.1, 0.15) is 11.9 Å². The van der Waals surface area contributed by atoms with Crippen molar-refractivity contribution in [3.8, 4) is 0 Å². The van der Waals surface area contributed by atoms with Crippen molar-refractivity contribution in [1.82, 2.24) is 10.2 Å². The zero-order valence-electron chi connectivity index (χ0n) is 17.4. The molecular weight excluding hydrogens is 448 g/mol. The van der Waals surface area contributed by atoms with Crippen LogP contribution in [0.25, 0.3) is 0 Å². The van der Waals surface area contributed by atoms with E-state index in [2.05, 4.69) is 15.3 Å². The van der Waals surface area contributed by atoms with Crippen molar-refractivity contribution in [3.63, 3.8) is 0 Å². The molecule has 0 fully saturated rings. The fraction of sp³-hybridized carbons (Fsp3) is 0.318. The largest absolute Gasteiger partial charge is 0.465 e. The van der Waals surface area contributed by atoms with Crippen LogP contribution in [0.1, 0.15) is 30.2 Å². The lowest BCUT2D eigenvalue weighted by molar-refractivity contribution is -0.139. The molecule has 2 aliphatic heterocycles. The summed E-state index contributed by atoms with van der Waals surface area (Å²) in [6.07, 6.45) is 0.490. The maximum Gasteiger partial charge on any atom is 0.316 e. The number of esters is 1. The number of hydrogen-bond acceptors (Lipinski definition) is 8. The van der Waals surface area contributed by atoms with Crippen molar-refractivity contribution >= 4 is 57.6 Å². The molecule has 0 radical (unpaired) electrons. The first-order chi connectivity index (χ1) is 15.6. The van der Waals surface area contributed by atoms with E-state index in [4.69, 9.17) is 4.74 Å². The highest BCUT2D eigenvalue weighted by Crippen LogP contribution is 2.34. The van der Waals surface area contributed by atoms with Gasteiger partial charge in [0.25, 0.3) is 5.91 Å². The van der Waals surface area contributed by atoms with E-state index in [0.717, 1.165) is 22.2 Å². The summed E-state index contributed by atoms with van der Waals surface area (Å²) in [6.45, 7) is 2.51. The molecule has 0 unspecified atom stereocenters. The topological polar surface area (TPSA) is 100 Å². The Balaban J connectivity index is 1.45. The number of fused-ring (bicyclic) bond motifs is 3. The van der Waals surface area contributed by atoms with E-state index in [1.807, 2.05) is 41.8 Å². The van der Waals surface area contributed by atoms with Gasteiger partial charge in [0.15, 0.2) is 5.17 Å². The van der Waals surface area contributed by atoms with Gasteiger partial charge in [-0.3, -0.25) is 19.4 Å². The van der Waals surface area contributed by atoms with Crippen LogP contribution in [0.3, 0.4) is 0 Å². The summed E-state index contributed by atoms with van der Waals surface area (Å²) in [5.74, 6) is -0.182. The summed E-state index contributed by atoms with van der Waals surface area (Å²) in [5.41, 5.74) is 1.45. The summed E-state index contributed by atoms with van der Waals surface area (Å²) in [7, 11) is 0. The highest BCUT2D eigenvalue weighted by Gasteiger charge is 2.41. The molecular formula is C22H22N4O4S2. The Morgan fingerprint density at radius 2 is 2.09 bits per heavy atom. The van der Waals surface area contributed by atoms with Crippen LogP contribution in [0, 0.1) is 0 Å². The number of benzene rings is 1. The van der Waals surface area contributed by atoms with Gasteiger partial charge in [0.05, 0.1) is 24.6 Å². The molecule has 0 saturated heterocycles. The highest BCUT2D eigenvalue weighted by molar-refractivity contribution is 8.14. The number of aliphatic imine (C=N–C) groups is 2. The van der Waals surface area contributed by atoms with E-state index in [9.17, 15) is 14.4 Å². The van der Waals surface area contributed by atoms with Crippen molar-refractivity contribution in [2.75, 3.05) is 12.4 Å². The second kappa shape index (κ2) is 10.1. The number of carbonyl (C=O) groups excluding carboxylic acids is 3. The zero-order valence-corrected chi connectivity index (χ0v) is 19.1. The molecule has 8 nitrogen and oxygen atoms in total. The van der Waals surface area contributed by atoms with Gasteiger partial charge in [-0.2, -0.15) is 0 Å². The Morgan fingerprint density at radius 1 is 1.25 bits per heavy atom. The number of thioether (sulfide) groups is 1. The number of carbonyl (C=O) groups is 3. The van der Waals surface area contributed by atoms with Gasteiger partial charge in [-0.1, -0.05) is 30.0 Å². The van der Waals surface area contributed by atoms with Crippen LogP contribution >= 0.6 is 23.1 Å². The number of amidine groups is 2. The van der Waals surface area contributed by atoms with Crippen LogP contribution in [-0.4, -0.2) is 52.1 Å². The van der Waals surface area contributed by atoms with Crippen molar-refractivity contribution in [3.05, 3.63) is 52.2 Å². The normalized spacial score (nSPS) is 16.7. The monoisotopic (exact) mass is 470 g/mol. The highest BCUT2D eigenvalue weighted by atomic mass is 32.2. The van der Waals surface area contributed by atoms with E-state index in [-0.39, 0.29) is 30.0 Å². The predicted octanol–water partition coefficient (Wildman–Crippen LogP) is 3.10. The molecule has 10 heteroatoms. The molecule has 0 aliphatic carbocycles. The van der Waals surface area contributed by atoms with Crippen LogP contribution in [-0.2, 0) is 25.7 Å². The second-order valence-electron chi connectivity index (χ2n) is 7.04. The lowest BCUT2D eigenvalue weighted by Gasteiger charge is -2.25. The lowest BCUT2D eigenvalue weighted by atomic mass is 10.1. The molecule has 2 amide bonds. The molecule has 0 spiro atoms. The molecule has 1 aromatic heterocycles. The minimum Gasteiger partial charge on any atom is -0.465 e. The predicted molar refractivity (Wildman–Crippen MR) is 125 cm³/mol. The third-order valence-electron chi connectivity index (χ3n) is 4.86. The molecule has 4 rings (SSSR count). The molecule has 1 aromatic carbocycles. The molecule has 3 heterocycles. The maximum atomic E-state index is 13.2. The number of hydrogen-bond donors (Lipinski definition) is 1. The van der Waals surface area contributed by atoms with E-state index in [1.165, 1.54) is 4.90 Å². The Bertz CT molecular complexity index is 1080. The van der Waals surface area contributed by atoms with Gasteiger partial charge in [-0.15, -0.1) is 11.3 Å². The van der Waals surface area contributed by atoms with Gasteiger partial charge < -0.3 is 10.1 Å². The van der Waals surface area contributed by atoms with Crippen LogP contribution in [0.15, 0.2) is 51.8 Å². The standard InChI is InChI=1S/C22H22N4O4S2/c1-2-30-19(28)13-32-22-25-16-8-4-3-7-15(16)20-24-17(21(29)26(20)22)9-10-18(27)23-12-14-6-5-11-31-14/h3-8,11,17H,2,9-10,12-13H2,1H3,(H,23,27)/t17-/m1/s1. The number of nitrogens with zero attached hydrogens (tertiary/aromatic N) is 3. The number of nitrogens with one attached hydrogen (secondary N) is 1. The number of amides is 2. The van der Waals surface area contributed by atoms with Crippen molar-refractivity contribution in [2.45, 2.75) is 32.4 Å². The van der Waals surface area contributed by atoms with Gasteiger partial charge in [-0.25, -0.2) is 9.89 Å². The third-order valence-corrected chi connectivity index (χ3v) is 6.65. The SMILES string of the molecule is CCOC(=O)CSC1=Nc2ccccc2C2=N[C@H](CCC(=O)NCc3cccs3)C(=O)N12. The number of rotatable bonds is 8. The fourth-order valence-electron chi connectivity index (χ4n) is 3.37. The molecule has 2 aromatic rings. The molecule has 1 N–H and O–H groups in total. The van der Waals surface area contributed by atoms with E-state index < -0.39 is 6.04 Å². The quantitative estimate of drug-likeness (QED) is 0.598. The fourth-order valence-corrected chi connectivity index (χ4v) is 4.81. The molecule has 0 bridgehead atoms. The van der Waals surface area contributed by atoms with Crippen molar-refractivity contribution in [2.24, 2.45) is 9.98 Å². The summed E-state index contributed by atoms with van der Waals surface area (Å²) in [6, 6.07) is 10.7. The van der Waals surface area contributed by atoms with Crippen molar-refractivity contribution < 1.29 is 19.1 Å². The van der Waals surface area contributed by atoms with Gasteiger partial charge in [0.2, 0.25) is 5.91 Å². The second-order valence-corrected chi connectivity index (χ2v) is 9.02. The smallest absolute Gasteiger partial charge is 0.316 e. The molecule has 1 atom stereocenters. The summed E-state index contributed by atoms with van der Waals surface area (Å²) in [5, 5.41) is 5.23. The Labute approximate surface area is 193 Å². The summed E-state index contributed by atoms with van der Waals surface area (Å²) in [4.78, 5) is 49.0. The number of thiophene rings is 1. The first kappa shape index (κ1) is 22.2. The Morgan fingerprint density at radius 3 is 2.88 bits per heavy atom. The van der Waals surface area contributed by atoms with Gasteiger partial charge in [0, 0.05) is 16.9 Å². The summed E-state index contributed by atoms with van der Waals surface area (Å²) >= 11 is 2.72. The minimum absolute atomic E-state index is 0.0433. The first-order valence-corrected chi connectivity index (χ1v) is 12.1. The number of para-hydroxylation sites is 1. The van der Waals surface area contributed by atoms with E-state index >= 15 is 0 Å². The third kappa shape index (κ3) is 4.91. The number of ether oxygens (including phenoxy) is 1. The zero-order chi connectivity index (χ0) is 22.5. The van der Waals surface area contributed by atoms with Crippen molar-refractivity contribution in [1.29, 1.82) is 0 Å². The average Bonchev–Trinajstić information content (AvgIpc) is 3.43. The Kier molecular flexibility index (Phi) is 7.01. The maximum absolute atomic E-state index is 13.2. The molecule has 166 valence electrons. The average molecular weight is 471 g/mol. The minimum atomic E-state index is -0.669. The van der Waals surface area contributed by atoms with Gasteiger partial charge in [-0.05, 0) is 36.9 Å². The Hall–Kier alpha value is -2.98. The molecule has 2 aliphatic rings. The lowest BCUT2D eigenvalue weighted by Crippen LogP contribution is -2.41. The van der Waals surface area contributed by atoms with Crippen LogP contribution in [0.2, 0.25) is 0 Å². The van der Waals surface area contributed by atoms with Gasteiger partial charge >= 0.3 is 5.97 Å². The van der Waals surface area contributed by atoms with Crippen LogP contribution < -0.4 is 5.32 Å². The molecule has 0 saturated carbocycles.